The van der Waals surface area contributed by atoms with E-state index >= 15 is 0 Å². The van der Waals surface area contributed by atoms with Gasteiger partial charge < -0.3 is 9.80 Å². The maximum Gasteiger partial charge on any atom is 0.227 e. The Balaban J connectivity index is 1.69. The van der Waals surface area contributed by atoms with Crippen LogP contribution in [0.25, 0.3) is 0 Å². The molecule has 0 saturated carbocycles. The first-order valence-electron chi connectivity index (χ1n) is 9.87. The van der Waals surface area contributed by atoms with Gasteiger partial charge in [-0.2, -0.15) is 0 Å². The molecular formula is C22H31N3O2. The van der Waals surface area contributed by atoms with Crippen molar-refractivity contribution < 1.29 is 9.59 Å². The zero-order valence-corrected chi connectivity index (χ0v) is 16.6. The molecule has 2 heterocycles. The van der Waals surface area contributed by atoms with Crippen LogP contribution in [0.1, 0.15) is 30.4 Å². The van der Waals surface area contributed by atoms with Gasteiger partial charge in [0.1, 0.15) is 0 Å². The Morgan fingerprint density at radius 1 is 1.19 bits per heavy atom. The summed E-state index contributed by atoms with van der Waals surface area (Å²) in [7, 11) is 2.13. The zero-order valence-electron chi connectivity index (χ0n) is 16.6. The van der Waals surface area contributed by atoms with Gasteiger partial charge in [0.15, 0.2) is 0 Å². The Morgan fingerprint density at radius 2 is 1.93 bits per heavy atom. The number of carbonyl (C=O) groups excluding carboxylic acids is 2. The van der Waals surface area contributed by atoms with Crippen LogP contribution in [0.15, 0.2) is 36.9 Å². The third-order valence-corrected chi connectivity index (χ3v) is 6.18. The second-order valence-corrected chi connectivity index (χ2v) is 8.00. The fourth-order valence-electron chi connectivity index (χ4n) is 4.25. The van der Waals surface area contributed by atoms with Gasteiger partial charge in [0, 0.05) is 44.7 Å². The quantitative estimate of drug-likeness (QED) is 0.765. The van der Waals surface area contributed by atoms with E-state index in [4.69, 9.17) is 0 Å². The Morgan fingerprint density at radius 3 is 2.63 bits per heavy atom. The number of amides is 2. The first-order chi connectivity index (χ1) is 12.9. The topological polar surface area (TPSA) is 43.9 Å². The summed E-state index contributed by atoms with van der Waals surface area (Å²) < 4.78 is 0. The lowest BCUT2D eigenvalue weighted by Crippen LogP contribution is -2.62. The molecule has 0 aliphatic carbocycles. The monoisotopic (exact) mass is 369 g/mol. The molecule has 5 nitrogen and oxygen atoms in total. The zero-order chi connectivity index (χ0) is 19.4. The molecule has 1 aromatic rings. The van der Waals surface area contributed by atoms with Gasteiger partial charge in [0.25, 0.3) is 0 Å². The average Bonchev–Trinajstić information content (AvgIpc) is 2.81. The van der Waals surface area contributed by atoms with E-state index in [1.54, 1.807) is 6.08 Å². The van der Waals surface area contributed by atoms with Crippen molar-refractivity contribution in [1.29, 1.82) is 0 Å². The molecule has 2 amide bonds. The lowest BCUT2D eigenvalue weighted by Gasteiger charge is -2.49. The first-order valence-corrected chi connectivity index (χ1v) is 9.87. The van der Waals surface area contributed by atoms with Gasteiger partial charge in [0.05, 0.1) is 6.42 Å². The van der Waals surface area contributed by atoms with Crippen LogP contribution >= 0.6 is 0 Å². The summed E-state index contributed by atoms with van der Waals surface area (Å²) in [4.78, 5) is 31.6. The van der Waals surface area contributed by atoms with Gasteiger partial charge in [-0.05, 0) is 32.4 Å². The predicted octanol–water partition coefficient (Wildman–Crippen LogP) is 2.25. The highest BCUT2D eigenvalue weighted by Crippen LogP contribution is 2.32. The van der Waals surface area contributed by atoms with Crippen LogP contribution in [-0.2, 0) is 16.0 Å². The van der Waals surface area contributed by atoms with Gasteiger partial charge in [-0.3, -0.25) is 14.5 Å². The Bertz CT molecular complexity index is 700. The van der Waals surface area contributed by atoms with E-state index in [0.29, 0.717) is 25.9 Å². The number of nitrogens with zero attached hydrogens (tertiary/aromatic N) is 3. The normalized spacial score (nSPS) is 24.1. The number of hydrogen-bond donors (Lipinski definition) is 0. The molecule has 2 aliphatic rings. The molecular weight excluding hydrogens is 338 g/mol. The van der Waals surface area contributed by atoms with E-state index in [1.807, 2.05) is 21.9 Å². The maximum atomic E-state index is 12.9. The Kier molecular flexibility index (Phi) is 6.00. The molecule has 1 atom stereocenters. The molecule has 1 spiro atoms. The molecule has 1 unspecified atom stereocenters. The Labute approximate surface area is 162 Å². The van der Waals surface area contributed by atoms with E-state index < -0.39 is 0 Å². The molecule has 3 rings (SSSR count). The summed E-state index contributed by atoms with van der Waals surface area (Å²) >= 11 is 0. The molecule has 0 aromatic heterocycles. The number of aryl methyl sites for hydroxylation is 1. The van der Waals surface area contributed by atoms with Gasteiger partial charge in [-0.15, -0.1) is 6.58 Å². The van der Waals surface area contributed by atoms with Gasteiger partial charge in [-0.25, -0.2) is 0 Å². The molecule has 2 fully saturated rings. The molecule has 146 valence electrons. The number of hydrogen-bond acceptors (Lipinski definition) is 3. The SMILES string of the molecule is C=CCN1CCC2(CCC1=O)CN(C(=O)Cc1ccc(C)cc1)CCN2C. The van der Waals surface area contributed by atoms with Crippen LogP contribution in [0.5, 0.6) is 0 Å². The fraction of sp³-hybridized carbons (Fsp3) is 0.545. The smallest absolute Gasteiger partial charge is 0.227 e. The van der Waals surface area contributed by atoms with E-state index in [-0.39, 0.29) is 17.4 Å². The predicted molar refractivity (Wildman–Crippen MR) is 107 cm³/mol. The molecule has 2 saturated heterocycles. The van der Waals surface area contributed by atoms with Crippen LogP contribution in [0.2, 0.25) is 0 Å². The average molecular weight is 370 g/mol. The van der Waals surface area contributed by atoms with E-state index in [9.17, 15) is 9.59 Å². The van der Waals surface area contributed by atoms with Crippen LogP contribution in [0, 0.1) is 6.92 Å². The van der Waals surface area contributed by atoms with Gasteiger partial charge in [-0.1, -0.05) is 35.9 Å². The molecule has 1 aromatic carbocycles. The minimum atomic E-state index is -0.104. The van der Waals surface area contributed by atoms with E-state index in [0.717, 1.165) is 38.0 Å². The van der Waals surface area contributed by atoms with Crippen molar-refractivity contribution in [1.82, 2.24) is 14.7 Å². The van der Waals surface area contributed by atoms with E-state index in [2.05, 4.69) is 37.6 Å². The molecule has 0 radical (unpaired) electrons. The molecule has 0 bridgehead atoms. The lowest BCUT2D eigenvalue weighted by atomic mass is 9.86. The minimum absolute atomic E-state index is 0.104. The largest absolute Gasteiger partial charge is 0.339 e. The molecule has 0 N–H and O–H groups in total. The lowest BCUT2D eigenvalue weighted by molar-refractivity contribution is -0.136. The summed E-state index contributed by atoms with van der Waals surface area (Å²) in [6.45, 7) is 9.48. The van der Waals surface area contributed by atoms with Gasteiger partial charge >= 0.3 is 0 Å². The van der Waals surface area contributed by atoms with Crippen molar-refractivity contribution in [2.75, 3.05) is 39.8 Å². The number of benzene rings is 1. The van der Waals surface area contributed by atoms with Crippen LogP contribution < -0.4 is 0 Å². The van der Waals surface area contributed by atoms with Crippen LogP contribution in [0.3, 0.4) is 0 Å². The number of carbonyl (C=O) groups is 2. The second-order valence-electron chi connectivity index (χ2n) is 8.00. The van der Waals surface area contributed by atoms with Crippen LogP contribution in [0.4, 0.5) is 0 Å². The summed E-state index contributed by atoms with van der Waals surface area (Å²) in [6, 6.07) is 8.19. The number of piperazine rings is 1. The van der Waals surface area contributed by atoms with Crippen molar-refractivity contribution in [2.45, 2.75) is 38.1 Å². The highest BCUT2D eigenvalue weighted by Gasteiger charge is 2.43. The van der Waals surface area contributed by atoms with Gasteiger partial charge in [0.2, 0.25) is 11.8 Å². The number of rotatable bonds is 4. The Hall–Kier alpha value is -2.14. The van der Waals surface area contributed by atoms with Crippen molar-refractivity contribution in [3.05, 3.63) is 48.0 Å². The molecule has 2 aliphatic heterocycles. The van der Waals surface area contributed by atoms with Crippen molar-refractivity contribution in [3.63, 3.8) is 0 Å². The third-order valence-electron chi connectivity index (χ3n) is 6.18. The van der Waals surface area contributed by atoms with E-state index in [1.165, 1.54) is 5.56 Å². The third kappa shape index (κ3) is 4.41. The standard InChI is InChI=1S/C22H31N3O2/c1-4-12-24-13-11-22(10-9-20(24)26)17-25(15-14-23(22)3)21(27)16-19-7-5-18(2)6-8-19/h4-8H,1,9-17H2,2-3H3. The maximum absolute atomic E-state index is 12.9. The van der Waals surface area contributed by atoms with Crippen molar-refractivity contribution >= 4 is 11.8 Å². The highest BCUT2D eigenvalue weighted by molar-refractivity contribution is 5.79. The van der Waals surface area contributed by atoms with Crippen LogP contribution in [-0.4, -0.2) is 71.8 Å². The number of likely N-dealkylation sites (tertiary alicyclic amines) is 1. The number of likely N-dealkylation sites (N-methyl/N-ethyl adjacent to an activating group) is 1. The summed E-state index contributed by atoms with van der Waals surface area (Å²) in [5.41, 5.74) is 2.16. The minimum Gasteiger partial charge on any atom is -0.339 e. The van der Waals surface area contributed by atoms with Crippen molar-refractivity contribution in [3.8, 4) is 0 Å². The summed E-state index contributed by atoms with van der Waals surface area (Å²) in [6.07, 6.45) is 4.49. The summed E-state index contributed by atoms with van der Waals surface area (Å²) in [5.74, 6) is 0.383. The molecule has 27 heavy (non-hydrogen) atoms. The fourth-order valence-corrected chi connectivity index (χ4v) is 4.25. The first kappa shape index (κ1) is 19.6. The molecule has 5 heteroatoms. The van der Waals surface area contributed by atoms with Crippen molar-refractivity contribution in [2.24, 2.45) is 0 Å². The summed E-state index contributed by atoms with van der Waals surface area (Å²) in [5, 5.41) is 0. The highest BCUT2D eigenvalue weighted by atomic mass is 16.2. The second kappa shape index (κ2) is 8.26.